The van der Waals surface area contributed by atoms with E-state index in [0.29, 0.717) is 12.2 Å². The predicted octanol–water partition coefficient (Wildman–Crippen LogP) is 3.58. The highest BCUT2D eigenvalue weighted by Crippen LogP contribution is 2.23. The quantitative estimate of drug-likeness (QED) is 0.653. The van der Waals surface area contributed by atoms with Crippen LogP contribution >= 0.6 is 0 Å². The highest BCUT2D eigenvalue weighted by Gasteiger charge is 2.04. The van der Waals surface area contributed by atoms with Gasteiger partial charge < -0.3 is 9.84 Å². The van der Waals surface area contributed by atoms with Crippen LogP contribution in [0.4, 0.5) is 0 Å². The van der Waals surface area contributed by atoms with E-state index in [4.69, 9.17) is 9.84 Å². The lowest BCUT2D eigenvalue weighted by molar-refractivity contribution is -0.131. The van der Waals surface area contributed by atoms with Crippen LogP contribution in [0.15, 0.2) is 60.7 Å². The number of carbonyl (C=O) groups is 2. The number of benzene rings is 2. The maximum Gasteiger partial charge on any atom is 0.328 e. The van der Waals surface area contributed by atoms with Gasteiger partial charge in [-0.15, -0.1) is 0 Å². The second kappa shape index (κ2) is 7.22. The summed E-state index contributed by atoms with van der Waals surface area (Å²) in [6, 6.07) is 14.7. The molecule has 0 aliphatic heterocycles. The summed E-state index contributed by atoms with van der Waals surface area (Å²) in [5.74, 6) is -0.656. The van der Waals surface area contributed by atoms with Crippen molar-refractivity contribution in [3.63, 3.8) is 0 Å². The van der Waals surface area contributed by atoms with Gasteiger partial charge in [-0.2, -0.15) is 0 Å². The first-order chi connectivity index (χ1) is 10.6. The first-order valence-corrected chi connectivity index (χ1v) is 6.89. The lowest BCUT2D eigenvalue weighted by Crippen LogP contribution is -1.96. The largest absolute Gasteiger partial charge is 0.494 e. The molecule has 0 spiro atoms. The van der Waals surface area contributed by atoms with Crippen molar-refractivity contribution in [3.05, 3.63) is 66.2 Å². The molecular formula is C18H16O4. The minimum atomic E-state index is -1.14. The Kier molecular flexibility index (Phi) is 5.09. The molecule has 0 unspecified atom stereocenters. The molecule has 0 radical (unpaired) electrons. The zero-order valence-electron chi connectivity index (χ0n) is 12.2. The zero-order valence-corrected chi connectivity index (χ0v) is 12.2. The molecule has 2 aromatic rings. The van der Waals surface area contributed by atoms with Crippen molar-refractivity contribution >= 4 is 11.8 Å². The summed E-state index contributed by atoms with van der Waals surface area (Å²) < 4.78 is 5.39. The van der Waals surface area contributed by atoms with Gasteiger partial charge in [0.25, 0.3) is 0 Å². The molecule has 0 fully saturated rings. The highest BCUT2D eigenvalue weighted by molar-refractivity contribution is 6.07. The van der Waals surface area contributed by atoms with Gasteiger partial charge in [-0.3, -0.25) is 4.79 Å². The third-order valence-electron chi connectivity index (χ3n) is 3.05. The first kappa shape index (κ1) is 15.5. The van der Waals surface area contributed by atoms with Crippen LogP contribution in [-0.4, -0.2) is 23.5 Å². The molecule has 0 saturated carbocycles. The highest BCUT2D eigenvalue weighted by atomic mass is 16.5. The molecule has 4 nitrogen and oxygen atoms in total. The number of carboxylic acids is 1. The van der Waals surface area contributed by atoms with Gasteiger partial charge in [0.15, 0.2) is 5.78 Å². The summed E-state index contributed by atoms with van der Waals surface area (Å²) in [4.78, 5) is 22.1. The minimum Gasteiger partial charge on any atom is -0.494 e. The predicted molar refractivity (Wildman–Crippen MR) is 84.2 cm³/mol. The van der Waals surface area contributed by atoms with Crippen LogP contribution < -0.4 is 4.74 Å². The summed E-state index contributed by atoms with van der Waals surface area (Å²) in [7, 11) is 0. The van der Waals surface area contributed by atoms with E-state index < -0.39 is 5.97 Å². The Balaban J connectivity index is 2.14. The Labute approximate surface area is 128 Å². The molecule has 0 saturated heterocycles. The Morgan fingerprint density at radius 2 is 1.50 bits per heavy atom. The molecule has 22 heavy (non-hydrogen) atoms. The number of ether oxygens (including phenoxy) is 1. The smallest absolute Gasteiger partial charge is 0.328 e. The van der Waals surface area contributed by atoms with Gasteiger partial charge >= 0.3 is 5.97 Å². The fraction of sp³-hybridized carbons (Fsp3) is 0.111. The van der Waals surface area contributed by atoms with Crippen molar-refractivity contribution in [1.29, 1.82) is 0 Å². The molecule has 0 aliphatic carbocycles. The number of carbonyl (C=O) groups excluding carboxylic acids is 1. The monoisotopic (exact) mass is 296 g/mol. The van der Waals surface area contributed by atoms with Crippen molar-refractivity contribution < 1.29 is 19.4 Å². The fourth-order valence-electron chi connectivity index (χ4n) is 1.98. The zero-order chi connectivity index (χ0) is 15.9. The third kappa shape index (κ3) is 4.06. The van der Waals surface area contributed by atoms with Gasteiger partial charge in [0.05, 0.1) is 6.61 Å². The first-order valence-electron chi connectivity index (χ1n) is 6.89. The van der Waals surface area contributed by atoms with Crippen LogP contribution in [0.3, 0.4) is 0 Å². The van der Waals surface area contributed by atoms with Gasteiger partial charge in [0.2, 0.25) is 0 Å². The summed E-state index contributed by atoms with van der Waals surface area (Å²) in [5, 5.41) is 8.51. The summed E-state index contributed by atoms with van der Waals surface area (Å²) in [6.07, 6.45) is 1.89. The Bertz CT molecular complexity index is 682. The number of hydrogen-bond donors (Lipinski definition) is 1. The molecule has 2 rings (SSSR count). The Morgan fingerprint density at radius 1 is 0.955 bits per heavy atom. The van der Waals surface area contributed by atoms with E-state index in [1.807, 2.05) is 43.3 Å². The molecular weight excluding hydrogens is 280 g/mol. The van der Waals surface area contributed by atoms with E-state index >= 15 is 0 Å². The van der Waals surface area contributed by atoms with Crippen molar-refractivity contribution in [2.45, 2.75) is 6.92 Å². The van der Waals surface area contributed by atoms with Crippen LogP contribution in [0.25, 0.3) is 11.1 Å². The Morgan fingerprint density at radius 3 is 2.00 bits per heavy atom. The van der Waals surface area contributed by atoms with Gasteiger partial charge in [-0.1, -0.05) is 36.4 Å². The van der Waals surface area contributed by atoms with E-state index in [-0.39, 0.29) is 5.78 Å². The van der Waals surface area contributed by atoms with Crippen LogP contribution in [0.5, 0.6) is 5.75 Å². The summed E-state index contributed by atoms with van der Waals surface area (Å²) in [5.41, 5.74) is 2.44. The molecule has 0 aromatic heterocycles. The lowest BCUT2D eigenvalue weighted by Gasteiger charge is -2.06. The number of hydrogen-bond acceptors (Lipinski definition) is 3. The molecule has 1 N–H and O–H groups in total. The maximum atomic E-state index is 11.7. The average molecular weight is 296 g/mol. The molecule has 0 atom stereocenters. The molecule has 0 bridgehead atoms. The second-order valence-electron chi connectivity index (χ2n) is 4.57. The normalized spacial score (nSPS) is 10.6. The molecule has 112 valence electrons. The molecule has 0 heterocycles. The molecule has 2 aromatic carbocycles. The van der Waals surface area contributed by atoms with Crippen molar-refractivity contribution in [2.24, 2.45) is 0 Å². The fourth-order valence-corrected chi connectivity index (χ4v) is 1.98. The van der Waals surface area contributed by atoms with Crippen LogP contribution in [0.2, 0.25) is 0 Å². The van der Waals surface area contributed by atoms with Gasteiger partial charge in [0.1, 0.15) is 5.75 Å². The number of carboxylic acid groups (broad SMARTS) is 1. The molecule has 4 heteroatoms. The van der Waals surface area contributed by atoms with E-state index in [1.165, 1.54) is 0 Å². The lowest BCUT2D eigenvalue weighted by atomic mass is 10.0. The van der Waals surface area contributed by atoms with E-state index in [1.54, 1.807) is 12.1 Å². The molecule has 0 aliphatic rings. The average Bonchev–Trinajstić information content (AvgIpc) is 2.54. The van der Waals surface area contributed by atoms with E-state index in [0.717, 1.165) is 29.0 Å². The molecule has 0 amide bonds. The SMILES string of the molecule is CCOc1ccc(-c2ccc(C(=O)/C=C/C(=O)O)cc2)cc1. The summed E-state index contributed by atoms with van der Waals surface area (Å²) >= 11 is 0. The van der Waals surface area contributed by atoms with Gasteiger partial charge in [0, 0.05) is 11.6 Å². The maximum absolute atomic E-state index is 11.7. The standard InChI is InChI=1S/C18H16O4/c1-2-22-16-9-7-14(8-10-16)13-3-5-15(6-4-13)17(19)11-12-18(20)21/h3-12H,2H2,1H3,(H,20,21)/b12-11+. The second-order valence-corrected chi connectivity index (χ2v) is 4.57. The third-order valence-corrected chi connectivity index (χ3v) is 3.05. The van der Waals surface area contributed by atoms with E-state index in [2.05, 4.69) is 0 Å². The van der Waals surface area contributed by atoms with Crippen LogP contribution in [0.1, 0.15) is 17.3 Å². The van der Waals surface area contributed by atoms with Gasteiger partial charge in [-0.25, -0.2) is 4.79 Å². The number of rotatable bonds is 6. The van der Waals surface area contributed by atoms with E-state index in [9.17, 15) is 9.59 Å². The number of allylic oxidation sites excluding steroid dienone is 1. The topological polar surface area (TPSA) is 63.6 Å². The van der Waals surface area contributed by atoms with Gasteiger partial charge in [-0.05, 0) is 36.3 Å². The number of aliphatic carboxylic acids is 1. The van der Waals surface area contributed by atoms with Crippen LogP contribution in [-0.2, 0) is 4.79 Å². The number of ketones is 1. The van der Waals surface area contributed by atoms with Crippen molar-refractivity contribution in [1.82, 2.24) is 0 Å². The van der Waals surface area contributed by atoms with Crippen molar-refractivity contribution in [2.75, 3.05) is 6.61 Å². The van der Waals surface area contributed by atoms with Crippen LogP contribution in [0, 0.1) is 0 Å². The Hall–Kier alpha value is -2.88. The van der Waals surface area contributed by atoms with Crippen molar-refractivity contribution in [3.8, 4) is 16.9 Å². The minimum absolute atomic E-state index is 0.333. The summed E-state index contributed by atoms with van der Waals surface area (Å²) in [6.45, 7) is 2.56.